The van der Waals surface area contributed by atoms with Crippen LogP contribution in [0.4, 0.5) is 0 Å². The SMILES string of the molecule is CCOC(=O)C1=C(C)N=c2s/c(=C\c3cc(I)c(OCc4ccc(C(=O)O)cc4)c(I)c3)c(=O)n2[C@H]1c1ccc(OC(C)C)c(OC)c1. The number of thiazole rings is 1. The monoisotopic (exact) mass is 894 g/mol. The number of aromatic carboxylic acids is 1. The van der Waals surface area contributed by atoms with Crippen molar-refractivity contribution in [2.24, 2.45) is 4.99 Å². The molecule has 5 rings (SSSR count). The highest BCUT2D eigenvalue weighted by molar-refractivity contribution is 14.1. The molecule has 1 aliphatic rings. The normalized spacial score (nSPS) is 14.4. The van der Waals surface area contributed by atoms with Crippen LogP contribution in [0, 0.1) is 7.14 Å². The van der Waals surface area contributed by atoms with E-state index in [1.807, 2.05) is 38.1 Å². The van der Waals surface area contributed by atoms with Crippen molar-refractivity contribution in [1.29, 1.82) is 0 Å². The maximum atomic E-state index is 14.1. The summed E-state index contributed by atoms with van der Waals surface area (Å²) in [5, 5.41) is 9.14. The van der Waals surface area contributed by atoms with Gasteiger partial charge in [0.15, 0.2) is 16.3 Å². The molecule has 1 aromatic heterocycles. The molecule has 0 aliphatic carbocycles. The Labute approximate surface area is 308 Å². The highest BCUT2D eigenvalue weighted by atomic mass is 127. The molecule has 0 unspecified atom stereocenters. The zero-order valence-corrected chi connectivity index (χ0v) is 31.8. The third-order valence-electron chi connectivity index (χ3n) is 7.29. The number of nitrogens with zero attached hydrogens (tertiary/aromatic N) is 2. The highest BCUT2D eigenvalue weighted by Crippen LogP contribution is 2.37. The molecule has 1 N–H and O–H groups in total. The number of carbonyl (C=O) groups is 2. The van der Waals surface area contributed by atoms with E-state index >= 15 is 0 Å². The van der Waals surface area contributed by atoms with E-state index in [1.165, 1.54) is 15.9 Å². The lowest BCUT2D eigenvalue weighted by Gasteiger charge is -2.25. The predicted octanol–water partition coefficient (Wildman–Crippen LogP) is 6.08. The lowest BCUT2D eigenvalue weighted by molar-refractivity contribution is -0.139. The molecule has 48 heavy (non-hydrogen) atoms. The minimum Gasteiger partial charge on any atom is -0.493 e. The van der Waals surface area contributed by atoms with E-state index < -0.39 is 18.0 Å². The molecule has 0 fully saturated rings. The number of hydrogen-bond donors (Lipinski definition) is 1. The maximum absolute atomic E-state index is 14.1. The van der Waals surface area contributed by atoms with Crippen molar-refractivity contribution in [3.8, 4) is 17.2 Å². The summed E-state index contributed by atoms with van der Waals surface area (Å²) in [6.45, 7) is 7.75. The molecule has 0 saturated carbocycles. The molecule has 250 valence electrons. The first-order valence-electron chi connectivity index (χ1n) is 14.9. The molecule has 0 spiro atoms. The second-order valence-corrected chi connectivity index (χ2v) is 14.3. The van der Waals surface area contributed by atoms with Gasteiger partial charge >= 0.3 is 11.9 Å². The fourth-order valence-electron chi connectivity index (χ4n) is 5.16. The third-order valence-corrected chi connectivity index (χ3v) is 9.87. The van der Waals surface area contributed by atoms with Crippen LogP contribution in [0.5, 0.6) is 17.2 Å². The lowest BCUT2D eigenvalue weighted by Crippen LogP contribution is -2.40. The molecule has 2 heterocycles. The average molecular weight is 895 g/mol. The van der Waals surface area contributed by atoms with Crippen LogP contribution in [0.2, 0.25) is 0 Å². The number of carboxylic acids is 1. The molecule has 10 nitrogen and oxygen atoms in total. The first-order valence-corrected chi connectivity index (χ1v) is 17.9. The number of benzene rings is 3. The van der Waals surface area contributed by atoms with Crippen LogP contribution in [0.3, 0.4) is 0 Å². The number of fused-ring (bicyclic) bond motifs is 1. The first kappa shape index (κ1) is 35.6. The van der Waals surface area contributed by atoms with E-state index in [0.29, 0.717) is 37.8 Å². The molecule has 0 saturated heterocycles. The van der Waals surface area contributed by atoms with Crippen molar-refractivity contribution >= 4 is 74.5 Å². The van der Waals surface area contributed by atoms with Gasteiger partial charge in [-0.15, -0.1) is 0 Å². The number of halogens is 2. The molecular formula is C35H32I2N2O8S. The Hall–Kier alpha value is -3.70. The molecule has 0 amide bonds. The summed E-state index contributed by atoms with van der Waals surface area (Å²) >= 11 is 5.64. The number of allylic oxidation sites excluding steroid dienone is 1. The summed E-state index contributed by atoms with van der Waals surface area (Å²) in [5.74, 6) is 0.188. The van der Waals surface area contributed by atoms with Crippen LogP contribution in [-0.2, 0) is 16.1 Å². The molecule has 0 radical (unpaired) electrons. The molecular weight excluding hydrogens is 862 g/mol. The summed E-state index contributed by atoms with van der Waals surface area (Å²) in [6, 6.07) is 15.0. The van der Waals surface area contributed by atoms with Crippen LogP contribution in [0.15, 0.2) is 75.7 Å². The number of ether oxygens (including phenoxy) is 4. The van der Waals surface area contributed by atoms with Crippen molar-refractivity contribution in [3.05, 3.63) is 115 Å². The Morgan fingerprint density at radius 1 is 1.06 bits per heavy atom. The first-order chi connectivity index (χ1) is 22.9. The lowest BCUT2D eigenvalue weighted by atomic mass is 9.95. The quantitative estimate of drug-likeness (QED) is 0.142. The molecule has 1 atom stereocenters. The van der Waals surface area contributed by atoms with E-state index in [9.17, 15) is 14.4 Å². The fraction of sp³-hybridized carbons (Fsp3) is 0.257. The molecule has 1 aliphatic heterocycles. The van der Waals surface area contributed by atoms with Gasteiger partial charge in [0.1, 0.15) is 12.4 Å². The second kappa shape index (κ2) is 15.2. The number of carbonyl (C=O) groups excluding carboxylic acids is 1. The van der Waals surface area contributed by atoms with E-state index in [0.717, 1.165) is 18.3 Å². The summed E-state index contributed by atoms with van der Waals surface area (Å²) < 4.78 is 26.7. The number of aromatic nitrogens is 1. The van der Waals surface area contributed by atoms with Gasteiger partial charge in [0.25, 0.3) is 5.56 Å². The standard InChI is InChI=1S/C35H32I2N2O8S/c1-6-45-34(43)29-19(4)38-35-39(30(29)23-11-12-26(47-18(2)3)27(16-23)44-5)32(40)28(48-35)15-21-13-24(36)31(25(37)14-21)46-17-20-7-9-22(10-8-20)33(41)42/h7-16,18,30H,6,17H2,1-5H3,(H,41,42)/b28-15-/t30-/m0/s1. The van der Waals surface area contributed by atoms with Gasteiger partial charge in [-0.2, -0.15) is 0 Å². The van der Waals surface area contributed by atoms with Crippen molar-refractivity contribution in [3.63, 3.8) is 0 Å². The second-order valence-electron chi connectivity index (χ2n) is 11.0. The van der Waals surface area contributed by atoms with Crippen LogP contribution in [-0.4, -0.2) is 41.4 Å². The van der Waals surface area contributed by atoms with Gasteiger partial charge in [0.2, 0.25) is 0 Å². The fourth-order valence-corrected chi connectivity index (χ4v) is 8.34. The van der Waals surface area contributed by atoms with E-state index in [-0.39, 0.29) is 36.0 Å². The van der Waals surface area contributed by atoms with Crippen molar-refractivity contribution in [2.45, 2.75) is 46.4 Å². The maximum Gasteiger partial charge on any atom is 0.338 e. The summed E-state index contributed by atoms with van der Waals surface area (Å²) in [5.41, 5.74) is 2.94. The number of hydrogen-bond acceptors (Lipinski definition) is 9. The van der Waals surface area contributed by atoms with E-state index in [1.54, 1.807) is 57.4 Å². The largest absolute Gasteiger partial charge is 0.493 e. The van der Waals surface area contributed by atoms with E-state index in [2.05, 4.69) is 50.2 Å². The number of rotatable bonds is 11. The summed E-state index contributed by atoms with van der Waals surface area (Å²) in [6.07, 6.45) is 1.73. The Morgan fingerprint density at radius 2 is 1.75 bits per heavy atom. The Balaban J connectivity index is 1.54. The van der Waals surface area contributed by atoms with Gasteiger partial charge in [-0.3, -0.25) is 9.36 Å². The minimum atomic E-state index is -0.981. The van der Waals surface area contributed by atoms with Crippen molar-refractivity contribution in [1.82, 2.24) is 4.57 Å². The zero-order chi connectivity index (χ0) is 34.7. The van der Waals surface area contributed by atoms with Gasteiger partial charge in [-0.05, 0) is 132 Å². The highest BCUT2D eigenvalue weighted by Gasteiger charge is 2.34. The zero-order valence-electron chi connectivity index (χ0n) is 26.7. The smallest absolute Gasteiger partial charge is 0.338 e. The molecule has 3 aromatic carbocycles. The summed E-state index contributed by atoms with van der Waals surface area (Å²) in [7, 11) is 1.54. The van der Waals surface area contributed by atoms with Crippen LogP contribution in [0.25, 0.3) is 6.08 Å². The van der Waals surface area contributed by atoms with Crippen molar-refractivity contribution < 1.29 is 33.6 Å². The number of esters is 1. The van der Waals surface area contributed by atoms with E-state index in [4.69, 9.17) is 24.1 Å². The molecule has 13 heteroatoms. The Kier molecular flexibility index (Phi) is 11.3. The van der Waals surface area contributed by atoms with Gasteiger partial charge < -0.3 is 24.1 Å². The minimum absolute atomic E-state index is 0.0794. The van der Waals surface area contributed by atoms with Crippen LogP contribution >= 0.6 is 56.5 Å². The topological polar surface area (TPSA) is 126 Å². The molecule has 4 aromatic rings. The third kappa shape index (κ3) is 7.62. The summed E-state index contributed by atoms with van der Waals surface area (Å²) in [4.78, 5) is 43.8. The Morgan fingerprint density at radius 3 is 2.35 bits per heavy atom. The van der Waals surface area contributed by atoms with Gasteiger partial charge in [-0.1, -0.05) is 29.5 Å². The average Bonchev–Trinajstić information content (AvgIpc) is 3.33. The van der Waals surface area contributed by atoms with Crippen LogP contribution in [0.1, 0.15) is 60.8 Å². The Bertz CT molecular complexity index is 2080. The van der Waals surface area contributed by atoms with Crippen molar-refractivity contribution in [2.75, 3.05) is 13.7 Å². The van der Waals surface area contributed by atoms with Gasteiger partial charge in [0, 0.05) is 0 Å². The van der Waals surface area contributed by atoms with Gasteiger partial charge in [0.05, 0.1) is 54.4 Å². The molecule has 0 bridgehead atoms. The number of carboxylic acid groups (broad SMARTS) is 1. The van der Waals surface area contributed by atoms with Crippen LogP contribution < -0.4 is 29.1 Å². The predicted molar refractivity (Wildman–Crippen MR) is 199 cm³/mol. The van der Waals surface area contributed by atoms with Gasteiger partial charge in [-0.25, -0.2) is 14.6 Å². The number of methoxy groups -OCH3 is 1.